The van der Waals surface area contributed by atoms with Gasteiger partial charge in [-0.2, -0.15) is 0 Å². The van der Waals surface area contributed by atoms with Crippen molar-refractivity contribution in [2.75, 3.05) is 0 Å². The molecule has 0 unspecified atom stereocenters. The van der Waals surface area contributed by atoms with E-state index in [1.807, 2.05) is 0 Å². The van der Waals surface area contributed by atoms with E-state index in [-0.39, 0.29) is 10.6 Å². The number of carboxylic acids is 1. The molecule has 0 radical (unpaired) electrons. The minimum Gasteiger partial charge on any atom is -0.478 e. The van der Waals surface area contributed by atoms with Gasteiger partial charge in [0.2, 0.25) is 0 Å². The van der Waals surface area contributed by atoms with Crippen molar-refractivity contribution in [3.63, 3.8) is 0 Å². The first kappa shape index (κ1) is 13.4. The highest BCUT2D eigenvalue weighted by Crippen LogP contribution is 2.29. The summed E-state index contributed by atoms with van der Waals surface area (Å²) in [6, 6.07) is 3.51. The molecule has 0 aliphatic carbocycles. The SMILES string of the molecule is O=C(O)/C=C/c1ccc(Cl)cc1OC(F)(F)F. The van der Waals surface area contributed by atoms with Crippen LogP contribution in [-0.2, 0) is 4.79 Å². The maximum atomic E-state index is 12.0. The third-order valence-electron chi connectivity index (χ3n) is 1.61. The number of halogens is 4. The van der Waals surface area contributed by atoms with Gasteiger partial charge in [0.1, 0.15) is 5.75 Å². The summed E-state index contributed by atoms with van der Waals surface area (Å²) >= 11 is 5.52. The number of alkyl halides is 3. The van der Waals surface area contributed by atoms with Crippen LogP contribution in [0.1, 0.15) is 5.56 Å². The van der Waals surface area contributed by atoms with E-state index in [1.165, 1.54) is 12.1 Å². The molecule has 0 saturated carbocycles. The second-order valence-corrected chi connectivity index (χ2v) is 3.34. The van der Waals surface area contributed by atoms with Gasteiger partial charge in [-0.15, -0.1) is 13.2 Å². The predicted octanol–water partition coefficient (Wildman–Crippen LogP) is 3.34. The van der Waals surface area contributed by atoms with Gasteiger partial charge >= 0.3 is 12.3 Å². The molecular formula is C10H6ClF3O3. The minimum atomic E-state index is -4.86. The fraction of sp³-hybridized carbons (Fsp3) is 0.100. The zero-order valence-electron chi connectivity index (χ0n) is 8.16. The lowest BCUT2D eigenvalue weighted by Crippen LogP contribution is -2.17. The van der Waals surface area contributed by atoms with Gasteiger partial charge in [-0.05, 0) is 24.3 Å². The van der Waals surface area contributed by atoms with Crippen molar-refractivity contribution in [1.29, 1.82) is 0 Å². The van der Waals surface area contributed by atoms with E-state index in [0.717, 1.165) is 12.1 Å². The van der Waals surface area contributed by atoms with Crippen LogP contribution in [0.4, 0.5) is 13.2 Å². The first-order chi connectivity index (χ1) is 7.78. The molecule has 0 bridgehead atoms. The molecule has 1 N–H and O–H groups in total. The molecule has 0 saturated heterocycles. The Morgan fingerprint density at radius 1 is 1.41 bits per heavy atom. The highest BCUT2D eigenvalue weighted by Gasteiger charge is 2.31. The van der Waals surface area contributed by atoms with Crippen molar-refractivity contribution in [3.05, 3.63) is 34.9 Å². The lowest BCUT2D eigenvalue weighted by molar-refractivity contribution is -0.274. The number of benzene rings is 1. The number of ether oxygens (including phenoxy) is 1. The van der Waals surface area contributed by atoms with Crippen LogP contribution < -0.4 is 4.74 Å². The van der Waals surface area contributed by atoms with E-state index in [4.69, 9.17) is 16.7 Å². The number of rotatable bonds is 3. The van der Waals surface area contributed by atoms with Gasteiger partial charge in [0.25, 0.3) is 0 Å². The van der Waals surface area contributed by atoms with Crippen LogP contribution in [0.2, 0.25) is 5.02 Å². The largest absolute Gasteiger partial charge is 0.573 e. The average Bonchev–Trinajstić information content (AvgIpc) is 2.13. The summed E-state index contributed by atoms with van der Waals surface area (Å²) in [6.07, 6.45) is -3.18. The summed E-state index contributed by atoms with van der Waals surface area (Å²) in [5, 5.41) is 8.43. The summed E-state index contributed by atoms with van der Waals surface area (Å²) in [5.41, 5.74) is -0.0332. The summed E-state index contributed by atoms with van der Waals surface area (Å²) in [7, 11) is 0. The summed E-state index contributed by atoms with van der Waals surface area (Å²) < 4.78 is 39.9. The smallest absolute Gasteiger partial charge is 0.478 e. The Labute approximate surface area is 99.1 Å². The quantitative estimate of drug-likeness (QED) is 0.854. The van der Waals surface area contributed by atoms with E-state index in [2.05, 4.69) is 4.74 Å². The second kappa shape index (κ2) is 5.09. The first-order valence-electron chi connectivity index (χ1n) is 4.24. The zero-order valence-corrected chi connectivity index (χ0v) is 8.92. The number of hydrogen-bond acceptors (Lipinski definition) is 2. The van der Waals surface area contributed by atoms with Crippen molar-refractivity contribution >= 4 is 23.6 Å². The Balaban J connectivity index is 3.08. The van der Waals surface area contributed by atoms with Crippen LogP contribution in [0.15, 0.2) is 24.3 Å². The molecule has 7 heteroatoms. The van der Waals surface area contributed by atoms with Gasteiger partial charge in [-0.1, -0.05) is 11.6 Å². The average molecular weight is 267 g/mol. The van der Waals surface area contributed by atoms with Crippen molar-refractivity contribution in [2.24, 2.45) is 0 Å². The molecule has 0 amide bonds. The molecule has 0 aliphatic rings. The molecule has 0 aliphatic heterocycles. The lowest BCUT2D eigenvalue weighted by Gasteiger charge is -2.11. The van der Waals surface area contributed by atoms with Crippen LogP contribution >= 0.6 is 11.6 Å². The highest BCUT2D eigenvalue weighted by molar-refractivity contribution is 6.30. The van der Waals surface area contributed by atoms with E-state index in [1.54, 1.807) is 0 Å². The van der Waals surface area contributed by atoms with Gasteiger partial charge in [0.05, 0.1) is 0 Å². The number of carboxylic acid groups (broad SMARTS) is 1. The Morgan fingerprint density at radius 2 is 2.06 bits per heavy atom. The number of hydrogen-bond donors (Lipinski definition) is 1. The predicted molar refractivity (Wildman–Crippen MR) is 54.8 cm³/mol. The van der Waals surface area contributed by atoms with Crippen molar-refractivity contribution in [1.82, 2.24) is 0 Å². The first-order valence-corrected chi connectivity index (χ1v) is 4.62. The van der Waals surface area contributed by atoms with Crippen molar-refractivity contribution < 1.29 is 27.8 Å². The highest BCUT2D eigenvalue weighted by atomic mass is 35.5. The molecule has 92 valence electrons. The molecule has 3 nitrogen and oxygen atoms in total. The van der Waals surface area contributed by atoms with Gasteiger partial charge in [-0.25, -0.2) is 4.79 Å². The summed E-state index contributed by atoms with van der Waals surface area (Å²) in [6.45, 7) is 0. The molecule has 1 aromatic carbocycles. The summed E-state index contributed by atoms with van der Waals surface area (Å²) in [4.78, 5) is 10.3. The Kier molecular flexibility index (Phi) is 4.01. The Hall–Kier alpha value is -1.69. The van der Waals surface area contributed by atoms with Gasteiger partial charge < -0.3 is 9.84 Å². The van der Waals surface area contributed by atoms with E-state index < -0.39 is 18.1 Å². The third kappa shape index (κ3) is 4.78. The van der Waals surface area contributed by atoms with Crippen LogP contribution in [0.5, 0.6) is 5.75 Å². The molecule has 0 heterocycles. The van der Waals surface area contributed by atoms with Crippen molar-refractivity contribution in [3.8, 4) is 5.75 Å². The topological polar surface area (TPSA) is 46.5 Å². The standard InChI is InChI=1S/C10H6ClF3O3/c11-7-3-1-6(2-4-9(15)16)8(5-7)17-10(12,13)14/h1-5H,(H,15,16)/b4-2+. The third-order valence-corrected chi connectivity index (χ3v) is 1.84. The van der Waals surface area contributed by atoms with Crippen LogP contribution in [0, 0.1) is 0 Å². The van der Waals surface area contributed by atoms with Gasteiger partial charge in [0, 0.05) is 16.7 Å². The van der Waals surface area contributed by atoms with Crippen molar-refractivity contribution in [2.45, 2.75) is 6.36 Å². The Morgan fingerprint density at radius 3 is 2.59 bits per heavy atom. The van der Waals surface area contributed by atoms with E-state index >= 15 is 0 Å². The second-order valence-electron chi connectivity index (χ2n) is 2.90. The molecule has 0 atom stereocenters. The monoisotopic (exact) mass is 266 g/mol. The molecule has 1 rings (SSSR count). The number of carbonyl (C=O) groups is 1. The Bertz CT molecular complexity index is 455. The molecule has 0 fully saturated rings. The van der Waals surface area contributed by atoms with Crippen LogP contribution in [-0.4, -0.2) is 17.4 Å². The van der Waals surface area contributed by atoms with Crippen LogP contribution in [0.3, 0.4) is 0 Å². The fourth-order valence-electron chi connectivity index (χ4n) is 1.02. The van der Waals surface area contributed by atoms with E-state index in [9.17, 15) is 18.0 Å². The number of aliphatic carboxylic acids is 1. The van der Waals surface area contributed by atoms with Gasteiger partial charge in [-0.3, -0.25) is 0 Å². The lowest BCUT2D eigenvalue weighted by atomic mass is 10.2. The maximum absolute atomic E-state index is 12.0. The summed E-state index contributed by atoms with van der Waals surface area (Å²) in [5.74, 6) is -1.83. The maximum Gasteiger partial charge on any atom is 0.573 e. The molecule has 17 heavy (non-hydrogen) atoms. The zero-order chi connectivity index (χ0) is 13.1. The molecule has 0 spiro atoms. The molecule has 1 aromatic rings. The van der Waals surface area contributed by atoms with Crippen LogP contribution in [0.25, 0.3) is 6.08 Å². The normalized spacial score (nSPS) is 11.8. The fourth-order valence-corrected chi connectivity index (χ4v) is 1.18. The minimum absolute atomic E-state index is 0.0332. The van der Waals surface area contributed by atoms with E-state index in [0.29, 0.717) is 6.08 Å². The molecule has 0 aromatic heterocycles. The molecular weight excluding hydrogens is 261 g/mol. The van der Waals surface area contributed by atoms with Gasteiger partial charge in [0.15, 0.2) is 0 Å².